The van der Waals surface area contributed by atoms with Crippen LogP contribution in [-0.2, 0) is 0 Å². The zero-order chi connectivity index (χ0) is 10.0. The maximum atomic E-state index is 12.2. The molecule has 0 aliphatic carbocycles. The van der Waals surface area contributed by atoms with Crippen molar-refractivity contribution < 1.29 is 13.6 Å². The summed E-state index contributed by atoms with van der Waals surface area (Å²) in [5.74, 6) is 0. The molecule has 2 nitrogen and oxygen atoms in total. The molecule has 0 saturated heterocycles. The first-order valence-corrected chi connectivity index (χ1v) is 3.90. The van der Waals surface area contributed by atoms with E-state index >= 15 is 0 Å². The lowest BCUT2D eigenvalue weighted by Crippen LogP contribution is -1.95. The first-order valence-electron chi connectivity index (χ1n) is 3.15. The quantitative estimate of drug-likeness (QED) is 0.572. The van der Waals surface area contributed by atoms with E-state index in [9.17, 15) is 13.6 Å². The number of alkyl halides is 2. The van der Waals surface area contributed by atoms with Gasteiger partial charge in [0.2, 0.25) is 0 Å². The van der Waals surface area contributed by atoms with Crippen LogP contribution in [0.4, 0.5) is 8.78 Å². The standard InChI is InChI=1S/C7H3Cl2F2NO/c8-5-3(7(10)11)1-12-6(9)4(5)2-13/h1-2,7H. The fourth-order valence-electron chi connectivity index (χ4n) is 0.751. The van der Waals surface area contributed by atoms with Gasteiger partial charge in [0.05, 0.1) is 16.1 Å². The lowest BCUT2D eigenvalue weighted by atomic mass is 10.2. The van der Waals surface area contributed by atoms with E-state index in [1.165, 1.54) is 0 Å². The Morgan fingerprint density at radius 3 is 2.54 bits per heavy atom. The van der Waals surface area contributed by atoms with Gasteiger partial charge in [0.1, 0.15) is 5.15 Å². The molecule has 70 valence electrons. The highest BCUT2D eigenvalue weighted by atomic mass is 35.5. The molecule has 0 N–H and O–H groups in total. The molecule has 0 spiro atoms. The number of nitrogens with zero attached hydrogens (tertiary/aromatic N) is 1. The molecule has 0 aromatic carbocycles. The molecule has 0 unspecified atom stereocenters. The molecule has 1 rings (SSSR count). The van der Waals surface area contributed by atoms with Gasteiger partial charge in [0.25, 0.3) is 6.43 Å². The lowest BCUT2D eigenvalue weighted by molar-refractivity contribution is 0.112. The topological polar surface area (TPSA) is 30.0 Å². The minimum atomic E-state index is -2.77. The molecule has 0 bridgehead atoms. The van der Waals surface area contributed by atoms with Gasteiger partial charge in [-0.1, -0.05) is 23.2 Å². The number of hydrogen-bond donors (Lipinski definition) is 0. The fourth-order valence-corrected chi connectivity index (χ4v) is 1.25. The molecule has 6 heteroatoms. The molecular formula is C7H3Cl2F2NO. The number of aldehydes is 1. The van der Waals surface area contributed by atoms with Crippen molar-refractivity contribution in [1.29, 1.82) is 0 Å². The second-order valence-corrected chi connectivity index (χ2v) is 2.89. The molecule has 0 radical (unpaired) electrons. The largest absolute Gasteiger partial charge is 0.298 e. The van der Waals surface area contributed by atoms with Crippen LogP contribution >= 0.6 is 23.2 Å². The van der Waals surface area contributed by atoms with Gasteiger partial charge >= 0.3 is 0 Å². The average molecular weight is 226 g/mol. The van der Waals surface area contributed by atoms with Crippen molar-refractivity contribution in [3.8, 4) is 0 Å². The van der Waals surface area contributed by atoms with Gasteiger partial charge in [0.15, 0.2) is 6.29 Å². The number of carbonyl (C=O) groups excluding carboxylic acids is 1. The van der Waals surface area contributed by atoms with Crippen LogP contribution in [0.2, 0.25) is 10.2 Å². The number of halogens is 4. The molecule has 0 atom stereocenters. The Morgan fingerprint density at radius 2 is 2.08 bits per heavy atom. The normalized spacial score (nSPS) is 10.5. The zero-order valence-corrected chi connectivity index (χ0v) is 7.61. The summed E-state index contributed by atoms with van der Waals surface area (Å²) in [6.07, 6.45) is -1.62. The molecule has 1 heterocycles. The maximum absolute atomic E-state index is 12.2. The Hall–Kier alpha value is -0.740. The van der Waals surface area contributed by atoms with E-state index in [1.54, 1.807) is 0 Å². The summed E-state index contributed by atoms with van der Waals surface area (Å²) in [6, 6.07) is 0. The average Bonchev–Trinajstić information content (AvgIpc) is 2.04. The minimum Gasteiger partial charge on any atom is -0.298 e. The summed E-state index contributed by atoms with van der Waals surface area (Å²) in [5.41, 5.74) is -0.700. The molecule has 13 heavy (non-hydrogen) atoms. The van der Waals surface area contributed by atoms with E-state index in [-0.39, 0.29) is 15.7 Å². The van der Waals surface area contributed by atoms with Crippen molar-refractivity contribution in [3.63, 3.8) is 0 Å². The smallest absolute Gasteiger partial charge is 0.266 e. The van der Waals surface area contributed by atoms with Crippen molar-refractivity contribution in [2.75, 3.05) is 0 Å². The van der Waals surface area contributed by atoms with Crippen LogP contribution in [0, 0.1) is 0 Å². The van der Waals surface area contributed by atoms with Crippen LogP contribution in [0.25, 0.3) is 0 Å². The van der Waals surface area contributed by atoms with Gasteiger partial charge in [0, 0.05) is 6.20 Å². The van der Waals surface area contributed by atoms with E-state index in [1.807, 2.05) is 0 Å². The van der Waals surface area contributed by atoms with Gasteiger partial charge in [-0.25, -0.2) is 13.8 Å². The minimum absolute atomic E-state index is 0.176. The summed E-state index contributed by atoms with van der Waals surface area (Å²) >= 11 is 10.9. The van der Waals surface area contributed by atoms with Gasteiger partial charge in [-0.15, -0.1) is 0 Å². The molecule has 0 amide bonds. The summed E-state index contributed by atoms with van der Waals surface area (Å²) < 4.78 is 24.4. The highest BCUT2D eigenvalue weighted by Crippen LogP contribution is 2.31. The second kappa shape index (κ2) is 3.98. The first kappa shape index (κ1) is 10.3. The molecule has 0 aliphatic heterocycles. The Labute approximate surface area is 82.5 Å². The maximum Gasteiger partial charge on any atom is 0.266 e. The van der Waals surface area contributed by atoms with Crippen LogP contribution in [0.15, 0.2) is 6.20 Å². The van der Waals surface area contributed by atoms with Crippen molar-refractivity contribution >= 4 is 29.5 Å². The summed E-state index contributed by atoms with van der Waals surface area (Å²) in [5, 5.41) is -0.519. The number of carbonyl (C=O) groups is 1. The number of rotatable bonds is 2. The van der Waals surface area contributed by atoms with Crippen LogP contribution in [-0.4, -0.2) is 11.3 Å². The molecule has 0 fully saturated rings. The molecule has 1 aromatic rings. The van der Waals surface area contributed by atoms with Gasteiger partial charge in [-0.05, 0) is 0 Å². The summed E-state index contributed by atoms with van der Waals surface area (Å²) in [4.78, 5) is 13.8. The predicted molar refractivity (Wildman–Crippen MR) is 44.6 cm³/mol. The van der Waals surface area contributed by atoms with Crippen LogP contribution in [0.1, 0.15) is 22.3 Å². The van der Waals surface area contributed by atoms with Crippen LogP contribution in [0.3, 0.4) is 0 Å². The van der Waals surface area contributed by atoms with Gasteiger partial charge in [-0.3, -0.25) is 4.79 Å². The van der Waals surface area contributed by atoms with E-state index in [4.69, 9.17) is 23.2 Å². The third-order valence-corrected chi connectivity index (χ3v) is 2.11. The molecular weight excluding hydrogens is 223 g/mol. The van der Waals surface area contributed by atoms with E-state index in [0.29, 0.717) is 6.29 Å². The van der Waals surface area contributed by atoms with Crippen molar-refractivity contribution in [2.45, 2.75) is 6.43 Å². The molecule has 1 aromatic heterocycles. The Morgan fingerprint density at radius 1 is 1.46 bits per heavy atom. The van der Waals surface area contributed by atoms with Crippen molar-refractivity contribution in [3.05, 3.63) is 27.5 Å². The van der Waals surface area contributed by atoms with Crippen LogP contribution < -0.4 is 0 Å². The third kappa shape index (κ3) is 1.95. The molecule has 0 aliphatic rings. The Kier molecular flexibility index (Phi) is 3.17. The highest BCUT2D eigenvalue weighted by molar-refractivity contribution is 6.38. The fraction of sp³-hybridized carbons (Fsp3) is 0.143. The summed E-state index contributed by atoms with van der Waals surface area (Å²) in [7, 11) is 0. The highest BCUT2D eigenvalue weighted by Gasteiger charge is 2.17. The van der Waals surface area contributed by atoms with E-state index < -0.39 is 12.0 Å². The lowest BCUT2D eigenvalue weighted by Gasteiger charge is -2.04. The van der Waals surface area contributed by atoms with Gasteiger partial charge in [-0.2, -0.15) is 0 Å². The van der Waals surface area contributed by atoms with Crippen molar-refractivity contribution in [1.82, 2.24) is 4.98 Å². The first-order chi connectivity index (χ1) is 6.07. The van der Waals surface area contributed by atoms with Crippen LogP contribution in [0.5, 0.6) is 0 Å². The monoisotopic (exact) mass is 225 g/mol. The van der Waals surface area contributed by atoms with Gasteiger partial charge < -0.3 is 0 Å². The summed E-state index contributed by atoms with van der Waals surface area (Å²) in [6.45, 7) is 0. The number of aromatic nitrogens is 1. The second-order valence-electron chi connectivity index (χ2n) is 2.15. The third-order valence-electron chi connectivity index (χ3n) is 1.38. The Bertz CT molecular complexity index is 344. The number of pyridine rings is 1. The number of hydrogen-bond acceptors (Lipinski definition) is 2. The Balaban J connectivity index is 3.35. The predicted octanol–water partition coefficient (Wildman–Crippen LogP) is 3.14. The van der Waals surface area contributed by atoms with Crippen molar-refractivity contribution in [2.24, 2.45) is 0 Å². The SMILES string of the molecule is O=Cc1c(Cl)ncc(C(F)F)c1Cl. The van der Waals surface area contributed by atoms with E-state index in [0.717, 1.165) is 6.20 Å². The molecule has 0 saturated carbocycles. The zero-order valence-electron chi connectivity index (χ0n) is 6.10. The van der Waals surface area contributed by atoms with E-state index in [2.05, 4.69) is 4.98 Å².